The number of benzene rings is 2. The largest absolute Gasteiger partial charge is 0.468 e. The molecule has 5 rings (SSSR count). The van der Waals surface area contributed by atoms with Gasteiger partial charge in [0.25, 0.3) is 5.56 Å². The van der Waals surface area contributed by atoms with E-state index in [2.05, 4.69) is 38.4 Å². The number of H-pyrrole nitrogens is 1. The Morgan fingerprint density at radius 1 is 1.11 bits per heavy atom. The SMILES string of the molecule is COCCn1nnnc1C(c1cc2cc(C)c(C)cc2[nH]c1=O)N(Cc1ccc(Cl)cc1)Cc1ccco1. The van der Waals surface area contributed by atoms with Crippen molar-refractivity contribution in [2.45, 2.75) is 39.5 Å². The van der Waals surface area contributed by atoms with Gasteiger partial charge < -0.3 is 14.1 Å². The lowest BCUT2D eigenvalue weighted by molar-refractivity contribution is 0.163. The van der Waals surface area contributed by atoms with Crippen molar-refractivity contribution in [1.82, 2.24) is 30.1 Å². The molecule has 0 radical (unpaired) electrons. The average Bonchev–Trinajstić information content (AvgIpc) is 3.58. The van der Waals surface area contributed by atoms with Gasteiger partial charge in [0.15, 0.2) is 5.82 Å². The fraction of sp³-hybridized carbons (Fsp3) is 0.286. The molecule has 10 heteroatoms. The lowest BCUT2D eigenvalue weighted by Crippen LogP contribution is -2.35. The number of methoxy groups -OCH3 is 1. The zero-order valence-corrected chi connectivity index (χ0v) is 22.3. The lowest BCUT2D eigenvalue weighted by atomic mass is 10.00. The third-order valence-electron chi connectivity index (χ3n) is 6.70. The molecular weight excluding hydrogens is 504 g/mol. The number of tetrazole rings is 1. The van der Waals surface area contributed by atoms with Crippen LogP contribution in [-0.4, -0.2) is 43.8 Å². The molecule has 0 aliphatic rings. The molecule has 1 N–H and O–H groups in total. The third-order valence-corrected chi connectivity index (χ3v) is 6.95. The van der Waals surface area contributed by atoms with Gasteiger partial charge in [0, 0.05) is 29.8 Å². The highest BCUT2D eigenvalue weighted by atomic mass is 35.5. The number of rotatable bonds is 10. The highest BCUT2D eigenvalue weighted by Crippen LogP contribution is 2.31. The molecule has 9 nitrogen and oxygen atoms in total. The van der Waals surface area contributed by atoms with E-state index in [0.29, 0.717) is 42.7 Å². The zero-order chi connectivity index (χ0) is 26.6. The van der Waals surface area contributed by atoms with Gasteiger partial charge >= 0.3 is 0 Å². The van der Waals surface area contributed by atoms with Gasteiger partial charge in [-0.05, 0) is 88.8 Å². The van der Waals surface area contributed by atoms with Crippen LogP contribution in [0.1, 0.15) is 39.9 Å². The second-order valence-electron chi connectivity index (χ2n) is 9.34. The molecule has 0 fully saturated rings. The maximum Gasteiger partial charge on any atom is 0.253 e. The summed E-state index contributed by atoms with van der Waals surface area (Å²) in [6.07, 6.45) is 1.64. The molecule has 196 valence electrons. The van der Waals surface area contributed by atoms with E-state index in [4.69, 9.17) is 20.8 Å². The Kier molecular flexibility index (Phi) is 7.69. The van der Waals surface area contributed by atoms with Crippen LogP contribution in [0.4, 0.5) is 0 Å². The Balaban J connectivity index is 1.69. The molecule has 0 aliphatic heterocycles. The normalized spacial score (nSPS) is 12.4. The fourth-order valence-electron chi connectivity index (χ4n) is 4.61. The summed E-state index contributed by atoms with van der Waals surface area (Å²) in [5.74, 6) is 1.29. The fourth-order valence-corrected chi connectivity index (χ4v) is 4.73. The first-order valence-electron chi connectivity index (χ1n) is 12.3. The lowest BCUT2D eigenvalue weighted by Gasteiger charge is -2.30. The van der Waals surface area contributed by atoms with E-state index in [9.17, 15) is 4.79 Å². The number of aromatic amines is 1. The second kappa shape index (κ2) is 11.3. The summed E-state index contributed by atoms with van der Waals surface area (Å²) in [5.41, 5.74) is 4.40. The topological polar surface area (TPSA) is 102 Å². The molecule has 0 spiro atoms. The second-order valence-corrected chi connectivity index (χ2v) is 9.78. The number of hydrogen-bond donors (Lipinski definition) is 1. The van der Waals surface area contributed by atoms with Crippen molar-refractivity contribution in [2.24, 2.45) is 0 Å². The summed E-state index contributed by atoms with van der Waals surface area (Å²) < 4.78 is 12.7. The summed E-state index contributed by atoms with van der Waals surface area (Å²) in [4.78, 5) is 18.9. The minimum atomic E-state index is -0.586. The maximum absolute atomic E-state index is 13.7. The number of pyridine rings is 1. The minimum Gasteiger partial charge on any atom is -0.468 e. The van der Waals surface area contributed by atoms with E-state index in [1.54, 1.807) is 18.1 Å². The Bertz CT molecular complexity index is 1580. The van der Waals surface area contributed by atoms with Crippen molar-refractivity contribution in [3.8, 4) is 0 Å². The van der Waals surface area contributed by atoms with Crippen molar-refractivity contribution < 1.29 is 9.15 Å². The molecule has 0 bridgehead atoms. The molecule has 5 aromatic rings. The number of nitrogens with zero attached hydrogens (tertiary/aromatic N) is 5. The molecule has 0 saturated carbocycles. The number of furan rings is 1. The molecule has 0 amide bonds. The minimum absolute atomic E-state index is 0.201. The van der Waals surface area contributed by atoms with Crippen molar-refractivity contribution in [1.29, 1.82) is 0 Å². The quantitative estimate of drug-likeness (QED) is 0.275. The van der Waals surface area contributed by atoms with Gasteiger partial charge in [0.05, 0.1) is 26.0 Å². The van der Waals surface area contributed by atoms with Gasteiger partial charge in [-0.15, -0.1) is 5.10 Å². The number of halogens is 1. The number of aryl methyl sites for hydroxylation is 2. The van der Waals surface area contributed by atoms with Crippen LogP contribution in [0.3, 0.4) is 0 Å². The van der Waals surface area contributed by atoms with Crippen LogP contribution < -0.4 is 5.56 Å². The molecule has 0 aliphatic carbocycles. The number of aromatic nitrogens is 5. The summed E-state index contributed by atoms with van der Waals surface area (Å²) in [5, 5.41) is 14.2. The summed E-state index contributed by atoms with van der Waals surface area (Å²) in [7, 11) is 1.63. The Labute approximate surface area is 225 Å². The van der Waals surface area contributed by atoms with Crippen LogP contribution in [0, 0.1) is 13.8 Å². The van der Waals surface area contributed by atoms with Gasteiger partial charge in [0.1, 0.15) is 11.8 Å². The van der Waals surface area contributed by atoms with Crippen molar-refractivity contribution in [3.05, 3.63) is 110 Å². The number of ether oxygens (including phenoxy) is 1. The van der Waals surface area contributed by atoms with Crippen molar-refractivity contribution in [2.75, 3.05) is 13.7 Å². The molecule has 1 unspecified atom stereocenters. The van der Waals surface area contributed by atoms with Crippen molar-refractivity contribution in [3.63, 3.8) is 0 Å². The van der Waals surface area contributed by atoms with Crippen molar-refractivity contribution >= 4 is 22.5 Å². The van der Waals surface area contributed by atoms with E-state index in [1.807, 2.05) is 55.5 Å². The third kappa shape index (κ3) is 5.55. The molecule has 3 aromatic heterocycles. The Hall–Kier alpha value is -3.79. The monoisotopic (exact) mass is 532 g/mol. The van der Waals surface area contributed by atoms with E-state index >= 15 is 0 Å². The molecule has 3 heterocycles. The molecule has 1 atom stereocenters. The standard InChI is InChI=1S/C28H29ClN6O3/c1-18-13-21-15-24(28(36)30-25(21)14-19(18)2)26(27-31-32-33-35(27)10-12-37-3)34(17-23-5-4-11-38-23)16-20-6-8-22(29)9-7-20/h4-9,11,13-15,26H,10,12,16-17H2,1-3H3,(H,30,36). The van der Waals surface area contributed by atoms with E-state index in [0.717, 1.165) is 33.4 Å². The summed E-state index contributed by atoms with van der Waals surface area (Å²) in [6.45, 7) is 5.87. The van der Waals surface area contributed by atoms with Gasteiger partial charge in [-0.25, -0.2) is 4.68 Å². The molecule has 2 aromatic carbocycles. The zero-order valence-electron chi connectivity index (χ0n) is 21.5. The van der Waals surface area contributed by atoms with Gasteiger partial charge in [-0.1, -0.05) is 23.7 Å². The molecular formula is C28H29ClN6O3. The molecule has 38 heavy (non-hydrogen) atoms. The highest BCUT2D eigenvalue weighted by Gasteiger charge is 2.31. The van der Waals surface area contributed by atoms with Crippen LogP contribution in [0.5, 0.6) is 0 Å². The van der Waals surface area contributed by atoms with Gasteiger partial charge in [0.2, 0.25) is 0 Å². The molecule has 0 saturated heterocycles. The highest BCUT2D eigenvalue weighted by molar-refractivity contribution is 6.30. The first kappa shape index (κ1) is 25.8. The van der Waals surface area contributed by atoms with Crippen LogP contribution in [0.25, 0.3) is 10.9 Å². The predicted octanol–water partition coefficient (Wildman–Crippen LogP) is 4.82. The van der Waals surface area contributed by atoms with E-state index in [1.165, 1.54) is 0 Å². The Morgan fingerprint density at radius 3 is 2.63 bits per heavy atom. The van der Waals surface area contributed by atoms with Crippen LogP contribution in [0.2, 0.25) is 5.02 Å². The first-order chi connectivity index (χ1) is 18.4. The maximum atomic E-state index is 13.7. The number of fused-ring (bicyclic) bond motifs is 1. The smallest absolute Gasteiger partial charge is 0.253 e. The van der Waals surface area contributed by atoms with Crippen LogP contribution >= 0.6 is 11.6 Å². The summed E-state index contributed by atoms with van der Waals surface area (Å²) in [6, 6.07) is 16.9. The first-order valence-corrected chi connectivity index (χ1v) is 12.7. The van der Waals surface area contributed by atoms with Gasteiger partial charge in [-0.2, -0.15) is 0 Å². The predicted molar refractivity (Wildman–Crippen MR) is 145 cm³/mol. The van der Waals surface area contributed by atoms with Crippen LogP contribution in [-0.2, 0) is 24.4 Å². The average molecular weight is 533 g/mol. The Morgan fingerprint density at radius 2 is 1.89 bits per heavy atom. The summed E-state index contributed by atoms with van der Waals surface area (Å²) >= 11 is 6.16. The van der Waals surface area contributed by atoms with Gasteiger partial charge in [-0.3, -0.25) is 9.69 Å². The number of nitrogens with one attached hydrogen (secondary N) is 1. The van der Waals surface area contributed by atoms with E-state index < -0.39 is 6.04 Å². The van der Waals surface area contributed by atoms with E-state index in [-0.39, 0.29) is 5.56 Å². The van der Waals surface area contributed by atoms with Crippen LogP contribution in [0.15, 0.2) is 70.1 Å². The number of hydrogen-bond acceptors (Lipinski definition) is 7.